The zero-order valence-electron chi connectivity index (χ0n) is 16.5. The number of azo groups is 1. The van der Waals surface area contributed by atoms with Crippen molar-refractivity contribution >= 4 is 49.7 Å². The van der Waals surface area contributed by atoms with Gasteiger partial charge < -0.3 is 9.64 Å². The Morgan fingerprint density at radius 3 is 2.57 bits per heavy atom. The highest BCUT2D eigenvalue weighted by atomic mass is 35.5. The molecule has 1 aromatic heterocycles. The molecule has 5 nitrogen and oxygen atoms in total. The number of thiazole rings is 1. The highest BCUT2D eigenvalue weighted by Gasteiger charge is 2.06. The van der Waals surface area contributed by atoms with Gasteiger partial charge in [0.25, 0.3) is 0 Å². The topological polar surface area (TPSA) is 50.1 Å². The lowest BCUT2D eigenvalue weighted by Crippen LogP contribution is -2.15. The second-order valence-electron chi connectivity index (χ2n) is 6.72. The Morgan fingerprint density at radius 1 is 1.00 bits per heavy atom. The molecule has 3 aromatic carbocycles. The molecule has 0 unspecified atom stereocenters. The average molecular weight is 437 g/mol. The van der Waals surface area contributed by atoms with Crippen molar-refractivity contribution in [1.29, 1.82) is 0 Å². The van der Waals surface area contributed by atoms with E-state index in [0.29, 0.717) is 17.6 Å². The van der Waals surface area contributed by atoms with E-state index in [9.17, 15) is 0 Å². The molecule has 152 valence electrons. The van der Waals surface area contributed by atoms with E-state index in [1.54, 1.807) is 0 Å². The van der Waals surface area contributed by atoms with Crippen LogP contribution in [0.15, 0.2) is 83.0 Å². The summed E-state index contributed by atoms with van der Waals surface area (Å²) in [7, 11) is 2.08. The van der Waals surface area contributed by atoms with Crippen LogP contribution < -0.4 is 9.64 Å². The summed E-state index contributed by atoms with van der Waals surface area (Å²) in [5.41, 5.74) is 4.07. The molecule has 1 heterocycles. The lowest BCUT2D eigenvalue weighted by atomic mass is 10.2. The van der Waals surface area contributed by atoms with Crippen LogP contribution >= 0.6 is 22.9 Å². The van der Waals surface area contributed by atoms with Gasteiger partial charge in [-0.15, -0.1) is 21.8 Å². The van der Waals surface area contributed by atoms with Gasteiger partial charge in [0.05, 0.1) is 21.8 Å². The van der Waals surface area contributed by atoms with Crippen LogP contribution in [-0.4, -0.2) is 24.5 Å². The number of rotatable bonds is 8. The van der Waals surface area contributed by atoms with E-state index in [4.69, 9.17) is 16.3 Å². The second-order valence-corrected chi connectivity index (χ2v) is 8.11. The molecule has 30 heavy (non-hydrogen) atoms. The maximum atomic E-state index is 5.67. The molecule has 7 heteroatoms. The number of aromatic nitrogens is 1. The fraction of sp³-hybridized carbons (Fsp3) is 0.174. The van der Waals surface area contributed by atoms with Gasteiger partial charge in [0, 0.05) is 19.3 Å². The van der Waals surface area contributed by atoms with Crippen LogP contribution in [0, 0.1) is 0 Å². The summed E-state index contributed by atoms with van der Waals surface area (Å²) in [4.78, 5) is 6.71. The van der Waals surface area contributed by atoms with Gasteiger partial charge in [-0.05, 0) is 48.0 Å². The van der Waals surface area contributed by atoms with Crippen molar-refractivity contribution in [2.75, 3.05) is 24.4 Å². The number of nitrogens with zero attached hydrogens (tertiary/aromatic N) is 4. The molecule has 0 N–H and O–H groups in total. The van der Waals surface area contributed by atoms with Gasteiger partial charge in [-0.25, -0.2) is 4.98 Å². The third-order valence-electron chi connectivity index (χ3n) is 4.50. The number of ether oxygens (including phenoxy) is 1. The van der Waals surface area contributed by atoms with Crippen molar-refractivity contribution in [1.82, 2.24) is 4.98 Å². The second kappa shape index (κ2) is 9.69. The summed E-state index contributed by atoms with van der Waals surface area (Å²) < 4.78 is 6.57. The number of hydrogen-bond acceptors (Lipinski definition) is 6. The monoisotopic (exact) mass is 436 g/mol. The van der Waals surface area contributed by atoms with E-state index < -0.39 is 0 Å². The van der Waals surface area contributed by atoms with Crippen molar-refractivity contribution < 1.29 is 4.74 Å². The maximum Gasteiger partial charge on any atom is 0.231 e. The summed E-state index contributed by atoms with van der Waals surface area (Å²) in [6, 6.07) is 24.2. The Labute approximate surface area is 184 Å². The molecule has 0 saturated carbocycles. The summed E-state index contributed by atoms with van der Waals surface area (Å²) in [5, 5.41) is 9.25. The molecule has 0 spiro atoms. The average Bonchev–Trinajstić information content (AvgIpc) is 3.19. The fourth-order valence-corrected chi connectivity index (χ4v) is 3.90. The molecule has 4 rings (SSSR count). The minimum atomic E-state index is 0.459. The minimum absolute atomic E-state index is 0.459. The number of alkyl halides is 1. The molecular weight excluding hydrogens is 416 g/mol. The van der Waals surface area contributed by atoms with Gasteiger partial charge in [-0.3, -0.25) is 0 Å². The van der Waals surface area contributed by atoms with E-state index in [2.05, 4.69) is 63.6 Å². The molecule has 0 aliphatic rings. The van der Waals surface area contributed by atoms with Crippen LogP contribution in [-0.2, 0) is 6.54 Å². The van der Waals surface area contributed by atoms with Gasteiger partial charge in [-0.2, -0.15) is 0 Å². The lowest BCUT2D eigenvalue weighted by molar-refractivity contribution is 0.343. The lowest BCUT2D eigenvalue weighted by Gasteiger charge is -2.19. The van der Waals surface area contributed by atoms with Crippen molar-refractivity contribution in [3.63, 3.8) is 0 Å². The number of fused-ring (bicyclic) bond motifs is 1. The third kappa shape index (κ3) is 5.14. The van der Waals surface area contributed by atoms with Crippen molar-refractivity contribution in [3.8, 4) is 5.75 Å². The van der Waals surface area contributed by atoms with Crippen LogP contribution in [0.3, 0.4) is 0 Å². The van der Waals surface area contributed by atoms with E-state index in [1.807, 2.05) is 36.4 Å². The molecule has 0 saturated heterocycles. The first-order chi connectivity index (χ1) is 14.7. The molecule has 4 aromatic rings. The Morgan fingerprint density at radius 2 is 1.80 bits per heavy atom. The highest BCUT2D eigenvalue weighted by molar-refractivity contribution is 7.21. The Bertz CT molecular complexity index is 1130. The van der Waals surface area contributed by atoms with E-state index in [1.165, 1.54) is 16.9 Å². The Hall–Kier alpha value is -2.96. The standard InChI is InChI=1S/C23H21ClN4OS/c1-28(16-17-5-3-2-4-6-17)19-9-7-18(8-10-19)26-27-23-25-21-12-11-20(29-14-13-24)15-22(21)30-23/h2-12,15H,13-14,16H2,1H3. The summed E-state index contributed by atoms with van der Waals surface area (Å²) in [6.45, 7) is 1.33. The molecule has 0 atom stereocenters. The molecule has 0 aliphatic heterocycles. The number of anilines is 1. The third-order valence-corrected chi connectivity index (χ3v) is 5.56. The molecule has 0 aliphatic carbocycles. The van der Waals surface area contributed by atoms with Gasteiger partial charge in [0.1, 0.15) is 12.4 Å². The number of hydrogen-bond donors (Lipinski definition) is 0. The van der Waals surface area contributed by atoms with Gasteiger partial charge in [0.2, 0.25) is 5.13 Å². The highest BCUT2D eigenvalue weighted by Crippen LogP contribution is 2.32. The van der Waals surface area contributed by atoms with Crippen LogP contribution in [0.4, 0.5) is 16.5 Å². The van der Waals surface area contributed by atoms with Crippen molar-refractivity contribution in [3.05, 3.63) is 78.4 Å². The minimum Gasteiger partial charge on any atom is -0.492 e. The molecule has 0 radical (unpaired) electrons. The van der Waals surface area contributed by atoms with E-state index in [0.717, 1.165) is 33.9 Å². The van der Waals surface area contributed by atoms with Gasteiger partial charge in [0.15, 0.2) is 0 Å². The fourth-order valence-electron chi connectivity index (χ4n) is 3.00. The molecule has 0 fully saturated rings. The van der Waals surface area contributed by atoms with Gasteiger partial charge >= 0.3 is 0 Å². The van der Waals surface area contributed by atoms with Crippen LogP contribution in [0.1, 0.15) is 5.56 Å². The quantitative estimate of drug-likeness (QED) is 0.221. The van der Waals surface area contributed by atoms with Crippen molar-refractivity contribution in [2.24, 2.45) is 10.2 Å². The first-order valence-electron chi connectivity index (χ1n) is 9.57. The van der Waals surface area contributed by atoms with Crippen molar-refractivity contribution in [2.45, 2.75) is 6.54 Å². The van der Waals surface area contributed by atoms with E-state index in [-0.39, 0.29) is 0 Å². The normalized spacial score (nSPS) is 11.3. The number of benzene rings is 3. The van der Waals surface area contributed by atoms with Crippen LogP contribution in [0.25, 0.3) is 10.2 Å². The SMILES string of the molecule is CN(Cc1ccccc1)c1ccc(N=Nc2nc3ccc(OCCCl)cc3s2)cc1. The zero-order valence-corrected chi connectivity index (χ0v) is 18.1. The van der Waals surface area contributed by atoms with Gasteiger partial charge in [-0.1, -0.05) is 41.7 Å². The molecule has 0 amide bonds. The summed E-state index contributed by atoms with van der Waals surface area (Å²) >= 11 is 7.15. The largest absolute Gasteiger partial charge is 0.492 e. The predicted octanol–water partition coefficient (Wildman–Crippen LogP) is 6.97. The summed E-state index contributed by atoms with van der Waals surface area (Å²) in [6.07, 6.45) is 0. The first-order valence-corrected chi connectivity index (χ1v) is 10.9. The summed E-state index contributed by atoms with van der Waals surface area (Å²) in [5.74, 6) is 1.24. The smallest absolute Gasteiger partial charge is 0.231 e. The van der Waals surface area contributed by atoms with Crippen LogP contribution in [0.5, 0.6) is 5.75 Å². The zero-order chi connectivity index (χ0) is 20.8. The Balaban J connectivity index is 1.42. The predicted molar refractivity (Wildman–Crippen MR) is 125 cm³/mol. The van der Waals surface area contributed by atoms with E-state index >= 15 is 0 Å². The number of halogens is 1. The van der Waals surface area contributed by atoms with Crippen LogP contribution in [0.2, 0.25) is 0 Å². The first kappa shape index (κ1) is 20.3. The molecular formula is C23H21ClN4OS. The Kier molecular flexibility index (Phi) is 6.57. The molecule has 0 bridgehead atoms. The maximum absolute atomic E-state index is 5.67.